The van der Waals surface area contributed by atoms with Gasteiger partial charge in [-0.15, -0.1) is 0 Å². The molecular weight excluding hydrogens is 294 g/mol. The maximum absolute atomic E-state index is 12.2. The highest BCUT2D eigenvalue weighted by molar-refractivity contribution is 7.89. The van der Waals surface area contributed by atoms with Crippen LogP contribution in [0.4, 0.5) is 4.79 Å². The number of nitrogens with one attached hydrogen (secondary N) is 1. The molecule has 0 aromatic carbocycles. The van der Waals surface area contributed by atoms with Crippen LogP contribution in [0.2, 0.25) is 0 Å². The topological polar surface area (TPSA) is 102 Å². The summed E-state index contributed by atoms with van der Waals surface area (Å²) < 4.78 is 27.0. The van der Waals surface area contributed by atoms with Crippen molar-refractivity contribution in [1.82, 2.24) is 10.2 Å². The van der Waals surface area contributed by atoms with Gasteiger partial charge in [0.05, 0.1) is 25.0 Å². The van der Waals surface area contributed by atoms with Crippen LogP contribution in [0.15, 0.2) is 0 Å². The van der Waals surface area contributed by atoms with Gasteiger partial charge in [-0.25, -0.2) is 18.4 Å². The fraction of sp³-hybridized carbons (Fsp3) is 0.923. The molecule has 0 bridgehead atoms. The molecule has 1 saturated heterocycles. The maximum atomic E-state index is 12.2. The summed E-state index contributed by atoms with van der Waals surface area (Å²) in [6, 6.07) is 0.0164. The molecule has 0 aromatic heterocycles. The number of carbonyl (C=O) groups is 1. The van der Waals surface area contributed by atoms with E-state index in [1.807, 2.05) is 4.90 Å². The Labute approximate surface area is 127 Å². The zero-order valence-corrected chi connectivity index (χ0v) is 13.7. The average Bonchev–Trinajstić information content (AvgIpc) is 2.36. The number of morpholine rings is 1. The molecule has 0 aromatic rings. The van der Waals surface area contributed by atoms with E-state index >= 15 is 0 Å². The van der Waals surface area contributed by atoms with E-state index in [0.29, 0.717) is 45.1 Å². The van der Waals surface area contributed by atoms with Crippen molar-refractivity contribution in [3.63, 3.8) is 0 Å². The lowest BCUT2D eigenvalue weighted by Gasteiger charge is -2.36. The number of hydrogen-bond donors (Lipinski definition) is 2. The Balaban J connectivity index is 2.32. The van der Waals surface area contributed by atoms with Crippen molar-refractivity contribution in [3.8, 4) is 0 Å². The van der Waals surface area contributed by atoms with E-state index in [0.717, 1.165) is 6.42 Å². The van der Waals surface area contributed by atoms with Gasteiger partial charge < -0.3 is 15.0 Å². The van der Waals surface area contributed by atoms with Gasteiger partial charge in [-0.2, -0.15) is 0 Å². The van der Waals surface area contributed by atoms with E-state index in [4.69, 9.17) is 9.88 Å². The smallest absolute Gasteiger partial charge is 0.317 e. The number of nitrogens with two attached hydrogens (primary N) is 1. The highest BCUT2D eigenvalue weighted by Gasteiger charge is 2.27. The molecular formula is C13H27N3O4S. The molecule has 0 spiro atoms. The van der Waals surface area contributed by atoms with Crippen LogP contribution in [0, 0.1) is 5.92 Å². The molecule has 1 atom stereocenters. The fourth-order valence-electron chi connectivity index (χ4n) is 2.39. The molecule has 7 nitrogen and oxygen atoms in total. The van der Waals surface area contributed by atoms with Crippen LogP contribution in [0.3, 0.4) is 0 Å². The SMILES string of the molecule is CC(C)C[C@@H]1COCCN1C(=O)NCCCCS(N)(=O)=O. The molecule has 0 aliphatic carbocycles. The second kappa shape index (κ2) is 8.55. The van der Waals surface area contributed by atoms with Crippen molar-refractivity contribution in [1.29, 1.82) is 0 Å². The maximum Gasteiger partial charge on any atom is 0.317 e. The number of unbranched alkanes of at least 4 members (excludes halogenated alkanes) is 1. The predicted molar refractivity (Wildman–Crippen MR) is 81.4 cm³/mol. The van der Waals surface area contributed by atoms with E-state index in [2.05, 4.69) is 19.2 Å². The summed E-state index contributed by atoms with van der Waals surface area (Å²) in [6.45, 7) is 6.45. The number of sulfonamides is 1. The highest BCUT2D eigenvalue weighted by atomic mass is 32.2. The highest BCUT2D eigenvalue weighted by Crippen LogP contribution is 2.15. The van der Waals surface area contributed by atoms with Crippen molar-refractivity contribution in [2.45, 2.75) is 39.2 Å². The first-order valence-corrected chi connectivity index (χ1v) is 9.14. The van der Waals surface area contributed by atoms with Crippen molar-refractivity contribution in [2.24, 2.45) is 11.1 Å². The van der Waals surface area contributed by atoms with Crippen molar-refractivity contribution >= 4 is 16.1 Å². The van der Waals surface area contributed by atoms with Gasteiger partial charge in [-0.05, 0) is 25.2 Å². The Bertz CT molecular complexity index is 425. The summed E-state index contributed by atoms with van der Waals surface area (Å²) in [6.07, 6.45) is 1.97. The third kappa shape index (κ3) is 7.63. The minimum Gasteiger partial charge on any atom is -0.377 e. The second-order valence-corrected chi connectivity index (χ2v) is 7.59. The minimum absolute atomic E-state index is 0.0452. The number of urea groups is 1. The molecule has 1 fully saturated rings. The summed E-state index contributed by atoms with van der Waals surface area (Å²) in [5, 5.41) is 7.76. The van der Waals surface area contributed by atoms with E-state index in [9.17, 15) is 13.2 Å². The van der Waals surface area contributed by atoms with Gasteiger partial charge in [0.15, 0.2) is 0 Å². The first-order chi connectivity index (χ1) is 9.79. The summed E-state index contributed by atoms with van der Waals surface area (Å²) >= 11 is 0. The first kappa shape index (κ1) is 18.2. The molecule has 21 heavy (non-hydrogen) atoms. The Hall–Kier alpha value is -0.860. The Kier molecular flexibility index (Phi) is 7.41. The molecule has 0 radical (unpaired) electrons. The van der Waals surface area contributed by atoms with Gasteiger partial charge in [0.25, 0.3) is 0 Å². The van der Waals surface area contributed by atoms with Gasteiger partial charge in [-0.1, -0.05) is 13.8 Å². The zero-order chi connectivity index (χ0) is 15.9. The summed E-state index contributed by atoms with van der Waals surface area (Å²) in [7, 11) is -3.41. The van der Waals surface area contributed by atoms with Crippen LogP contribution in [-0.4, -0.2) is 57.4 Å². The van der Waals surface area contributed by atoms with Gasteiger partial charge in [-0.3, -0.25) is 0 Å². The lowest BCUT2D eigenvalue weighted by Crippen LogP contribution is -2.53. The van der Waals surface area contributed by atoms with Crippen LogP contribution in [0.5, 0.6) is 0 Å². The lowest BCUT2D eigenvalue weighted by atomic mass is 10.0. The van der Waals surface area contributed by atoms with Gasteiger partial charge in [0.1, 0.15) is 0 Å². The summed E-state index contributed by atoms with van der Waals surface area (Å²) in [5.41, 5.74) is 0. The van der Waals surface area contributed by atoms with Crippen LogP contribution in [-0.2, 0) is 14.8 Å². The molecule has 2 amide bonds. The van der Waals surface area contributed by atoms with Gasteiger partial charge in [0, 0.05) is 13.1 Å². The van der Waals surface area contributed by atoms with Crippen molar-refractivity contribution in [2.75, 3.05) is 32.1 Å². The van der Waals surface area contributed by atoms with E-state index < -0.39 is 10.0 Å². The number of amides is 2. The third-order valence-corrected chi connectivity index (χ3v) is 4.22. The largest absolute Gasteiger partial charge is 0.377 e. The molecule has 124 valence electrons. The number of nitrogens with zero attached hydrogens (tertiary/aromatic N) is 1. The molecule has 0 unspecified atom stereocenters. The summed E-state index contributed by atoms with van der Waals surface area (Å²) in [5.74, 6) is 0.456. The standard InChI is InChI=1S/C13H27N3O4S/c1-11(2)9-12-10-20-7-6-16(12)13(17)15-5-3-4-8-21(14,18)19/h11-12H,3-10H2,1-2H3,(H,15,17)(H2,14,18,19)/t12-/m1/s1. The number of rotatable bonds is 7. The fourth-order valence-corrected chi connectivity index (χ4v) is 2.99. The minimum atomic E-state index is -3.41. The molecule has 1 heterocycles. The quantitative estimate of drug-likeness (QED) is 0.667. The Morgan fingerprint density at radius 3 is 2.76 bits per heavy atom. The predicted octanol–water partition coefficient (Wildman–Crippen LogP) is 0.512. The van der Waals surface area contributed by atoms with Crippen molar-refractivity contribution in [3.05, 3.63) is 0 Å². The number of hydrogen-bond acceptors (Lipinski definition) is 4. The third-order valence-electron chi connectivity index (χ3n) is 3.36. The zero-order valence-electron chi connectivity index (χ0n) is 12.9. The summed E-state index contributed by atoms with van der Waals surface area (Å²) in [4.78, 5) is 14.0. The molecule has 0 saturated carbocycles. The number of ether oxygens (including phenoxy) is 1. The van der Waals surface area contributed by atoms with Gasteiger partial charge >= 0.3 is 6.03 Å². The average molecular weight is 321 g/mol. The molecule has 1 rings (SSSR count). The van der Waals surface area contributed by atoms with E-state index in [1.54, 1.807) is 0 Å². The number of carbonyl (C=O) groups excluding carboxylic acids is 1. The molecule has 3 N–H and O–H groups in total. The Morgan fingerprint density at radius 2 is 2.14 bits per heavy atom. The number of primary sulfonamides is 1. The molecule has 1 aliphatic rings. The van der Waals surface area contributed by atoms with E-state index in [-0.39, 0.29) is 17.8 Å². The normalized spacial score (nSPS) is 19.8. The van der Waals surface area contributed by atoms with Crippen molar-refractivity contribution < 1.29 is 17.9 Å². The molecule has 1 aliphatic heterocycles. The Morgan fingerprint density at radius 1 is 1.43 bits per heavy atom. The van der Waals surface area contributed by atoms with E-state index in [1.165, 1.54) is 0 Å². The van der Waals surface area contributed by atoms with Crippen LogP contribution in [0.1, 0.15) is 33.1 Å². The molecule has 8 heteroatoms. The second-order valence-electron chi connectivity index (χ2n) is 5.86. The van der Waals surface area contributed by atoms with Crippen LogP contribution >= 0.6 is 0 Å². The van der Waals surface area contributed by atoms with Crippen LogP contribution < -0.4 is 10.5 Å². The first-order valence-electron chi connectivity index (χ1n) is 7.42. The van der Waals surface area contributed by atoms with Crippen LogP contribution in [0.25, 0.3) is 0 Å². The monoisotopic (exact) mass is 321 g/mol. The van der Waals surface area contributed by atoms with Gasteiger partial charge in [0.2, 0.25) is 10.0 Å². The lowest BCUT2D eigenvalue weighted by molar-refractivity contribution is 0.00561.